The molecule has 2 aromatic rings. The van der Waals surface area contributed by atoms with Crippen LogP contribution in [0.5, 0.6) is 0 Å². The van der Waals surface area contributed by atoms with E-state index >= 15 is 0 Å². The van der Waals surface area contributed by atoms with Crippen molar-refractivity contribution < 1.29 is 0 Å². The predicted octanol–water partition coefficient (Wildman–Crippen LogP) is 4.11. The van der Waals surface area contributed by atoms with Gasteiger partial charge in [-0.25, -0.2) is 4.98 Å². The summed E-state index contributed by atoms with van der Waals surface area (Å²) in [7, 11) is 0. The lowest BCUT2D eigenvalue weighted by Gasteiger charge is -2.10. The first-order valence-electron chi connectivity index (χ1n) is 6.76. The van der Waals surface area contributed by atoms with Crippen LogP contribution in [0.15, 0.2) is 18.5 Å². The Bertz CT molecular complexity index is 511. The van der Waals surface area contributed by atoms with E-state index in [1.807, 2.05) is 20.0 Å². The van der Waals surface area contributed by atoms with Crippen molar-refractivity contribution in [2.24, 2.45) is 0 Å². The number of fused-ring (bicyclic) bond motifs is 3. The second kappa shape index (κ2) is 4.91. The van der Waals surface area contributed by atoms with Crippen LogP contribution in [0.2, 0.25) is 0 Å². The molecule has 0 aromatic carbocycles. The molecule has 2 heterocycles. The largest absolute Gasteiger partial charge is 0.304 e. The van der Waals surface area contributed by atoms with E-state index in [-0.39, 0.29) is 0 Å². The number of hydrogen-bond donors (Lipinski definition) is 0. The van der Waals surface area contributed by atoms with Gasteiger partial charge in [-0.05, 0) is 43.2 Å². The molecular weight excluding hydrogens is 208 g/mol. The minimum Gasteiger partial charge on any atom is -0.304 e. The molecule has 0 spiro atoms. The third-order valence-electron chi connectivity index (χ3n) is 3.65. The molecule has 0 aliphatic heterocycles. The van der Waals surface area contributed by atoms with Crippen LogP contribution in [0.1, 0.15) is 56.4 Å². The topological polar surface area (TPSA) is 17.3 Å². The Morgan fingerprint density at radius 3 is 2.88 bits per heavy atom. The number of pyridine rings is 1. The SMILES string of the molecule is CC.CCC1CCc2c1cc(C)c1nccn21. The van der Waals surface area contributed by atoms with Crippen molar-refractivity contribution in [3.63, 3.8) is 0 Å². The number of imidazole rings is 1. The molecule has 0 bridgehead atoms. The van der Waals surface area contributed by atoms with E-state index < -0.39 is 0 Å². The van der Waals surface area contributed by atoms with E-state index in [0.29, 0.717) is 0 Å². The lowest BCUT2D eigenvalue weighted by molar-refractivity contribution is 0.655. The molecule has 1 unspecified atom stereocenters. The molecule has 0 N–H and O–H groups in total. The van der Waals surface area contributed by atoms with Gasteiger partial charge in [0.05, 0.1) is 0 Å². The Balaban J connectivity index is 0.000000514. The van der Waals surface area contributed by atoms with Crippen molar-refractivity contribution in [3.8, 4) is 0 Å². The molecule has 0 radical (unpaired) electrons. The summed E-state index contributed by atoms with van der Waals surface area (Å²) >= 11 is 0. The highest BCUT2D eigenvalue weighted by molar-refractivity contribution is 5.52. The van der Waals surface area contributed by atoms with Gasteiger partial charge in [0, 0.05) is 18.1 Å². The number of aromatic nitrogens is 2. The van der Waals surface area contributed by atoms with Crippen molar-refractivity contribution in [2.75, 3.05) is 0 Å². The zero-order valence-electron chi connectivity index (χ0n) is 11.3. The Morgan fingerprint density at radius 2 is 2.18 bits per heavy atom. The van der Waals surface area contributed by atoms with Gasteiger partial charge in [-0.2, -0.15) is 0 Å². The summed E-state index contributed by atoms with van der Waals surface area (Å²) in [4.78, 5) is 4.41. The molecule has 2 nitrogen and oxygen atoms in total. The summed E-state index contributed by atoms with van der Waals surface area (Å²) < 4.78 is 2.28. The van der Waals surface area contributed by atoms with Crippen molar-refractivity contribution >= 4 is 5.65 Å². The fourth-order valence-electron chi connectivity index (χ4n) is 2.84. The molecule has 1 aliphatic rings. The first-order chi connectivity index (χ1) is 8.31. The van der Waals surface area contributed by atoms with E-state index in [0.717, 1.165) is 11.6 Å². The highest BCUT2D eigenvalue weighted by atomic mass is 15.0. The standard InChI is InChI=1S/C13H16N2.C2H6/c1-3-10-4-5-12-11(10)8-9(2)13-14-6-7-15(12)13;1-2/h6-8,10H,3-5H2,1-2H3;1-2H3. The van der Waals surface area contributed by atoms with Crippen molar-refractivity contribution in [1.82, 2.24) is 9.38 Å². The quantitative estimate of drug-likeness (QED) is 0.720. The summed E-state index contributed by atoms with van der Waals surface area (Å²) in [6.07, 6.45) is 7.78. The van der Waals surface area contributed by atoms with Crippen molar-refractivity contribution in [1.29, 1.82) is 0 Å². The minimum atomic E-state index is 0.769. The summed E-state index contributed by atoms with van der Waals surface area (Å²) in [5.41, 5.74) is 5.48. The van der Waals surface area contributed by atoms with Gasteiger partial charge < -0.3 is 4.40 Å². The Labute approximate surface area is 104 Å². The Kier molecular flexibility index (Phi) is 3.51. The summed E-state index contributed by atoms with van der Waals surface area (Å²) in [5, 5.41) is 0. The molecule has 1 aliphatic carbocycles. The van der Waals surface area contributed by atoms with Gasteiger partial charge in [-0.15, -0.1) is 0 Å². The smallest absolute Gasteiger partial charge is 0.139 e. The molecule has 2 aromatic heterocycles. The van der Waals surface area contributed by atoms with Gasteiger partial charge in [-0.1, -0.05) is 26.8 Å². The van der Waals surface area contributed by atoms with E-state index in [4.69, 9.17) is 0 Å². The van der Waals surface area contributed by atoms with Crippen LogP contribution in [-0.4, -0.2) is 9.38 Å². The summed E-state index contributed by atoms with van der Waals surface area (Å²) in [6.45, 7) is 8.45. The average Bonchev–Trinajstić information content (AvgIpc) is 2.96. The zero-order valence-corrected chi connectivity index (χ0v) is 11.3. The van der Waals surface area contributed by atoms with Crippen LogP contribution in [0.25, 0.3) is 5.65 Å². The van der Waals surface area contributed by atoms with Crippen molar-refractivity contribution in [2.45, 2.75) is 52.9 Å². The highest BCUT2D eigenvalue weighted by Crippen LogP contribution is 2.36. The summed E-state index contributed by atoms with van der Waals surface area (Å²) in [6, 6.07) is 2.35. The van der Waals surface area contributed by atoms with Crippen LogP contribution in [-0.2, 0) is 6.42 Å². The van der Waals surface area contributed by atoms with Gasteiger partial charge in [0.1, 0.15) is 5.65 Å². The third-order valence-corrected chi connectivity index (χ3v) is 3.65. The maximum Gasteiger partial charge on any atom is 0.139 e. The first kappa shape index (κ1) is 12.2. The van der Waals surface area contributed by atoms with Crippen molar-refractivity contribution in [3.05, 3.63) is 35.3 Å². The molecule has 3 rings (SSSR count). The van der Waals surface area contributed by atoms with Gasteiger partial charge >= 0.3 is 0 Å². The Hall–Kier alpha value is -1.31. The molecule has 0 saturated carbocycles. The minimum absolute atomic E-state index is 0.769. The van der Waals surface area contributed by atoms with Crippen LogP contribution < -0.4 is 0 Å². The first-order valence-corrected chi connectivity index (χ1v) is 6.76. The number of aryl methyl sites for hydroxylation is 2. The fraction of sp³-hybridized carbons (Fsp3) is 0.533. The highest BCUT2D eigenvalue weighted by Gasteiger charge is 2.23. The molecule has 0 amide bonds. The zero-order chi connectivity index (χ0) is 12.4. The molecule has 2 heteroatoms. The molecule has 1 atom stereocenters. The van der Waals surface area contributed by atoms with Gasteiger partial charge in [0.25, 0.3) is 0 Å². The second-order valence-electron chi connectivity index (χ2n) is 4.49. The molecule has 0 fully saturated rings. The number of hydrogen-bond acceptors (Lipinski definition) is 1. The van der Waals surface area contributed by atoms with E-state index in [1.54, 1.807) is 5.56 Å². The van der Waals surface area contributed by atoms with Crippen LogP contribution in [0.3, 0.4) is 0 Å². The molecular formula is C15H22N2. The lowest BCUT2D eigenvalue weighted by Crippen LogP contribution is -1.98. The third kappa shape index (κ3) is 1.86. The van der Waals surface area contributed by atoms with Crippen LogP contribution >= 0.6 is 0 Å². The van der Waals surface area contributed by atoms with Gasteiger partial charge in [0.15, 0.2) is 0 Å². The van der Waals surface area contributed by atoms with E-state index in [9.17, 15) is 0 Å². The van der Waals surface area contributed by atoms with Gasteiger partial charge in [-0.3, -0.25) is 0 Å². The Morgan fingerprint density at radius 1 is 1.41 bits per heavy atom. The number of rotatable bonds is 1. The average molecular weight is 230 g/mol. The maximum absolute atomic E-state index is 4.41. The molecule has 92 valence electrons. The van der Waals surface area contributed by atoms with Crippen LogP contribution in [0, 0.1) is 6.92 Å². The summed E-state index contributed by atoms with van der Waals surface area (Å²) in [5.74, 6) is 0.769. The van der Waals surface area contributed by atoms with Gasteiger partial charge in [0.2, 0.25) is 0 Å². The second-order valence-corrected chi connectivity index (χ2v) is 4.49. The fourth-order valence-corrected chi connectivity index (χ4v) is 2.84. The monoisotopic (exact) mass is 230 g/mol. The lowest BCUT2D eigenvalue weighted by atomic mass is 9.99. The molecule has 0 saturated heterocycles. The number of nitrogens with zero attached hydrogens (tertiary/aromatic N) is 2. The van der Waals surface area contributed by atoms with Crippen LogP contribution in [0.4, 0.5) is 0 Å². The van der Waals surface area contributed by atoms with E-state index in [1.165, 1.54) is 30.5 Å². The van der Waals surface area contributed by atoms with E-state index in [2.05, 4.69) is 35.5 Å². The maximum atomic E-state index is 4.41. The predicted molar refractivity (Wildman–Crippen MR) is 72.6 cm³/mol. The molecule has 17 heavy (non-hydrogen) atoms. The normalized spacial score (nSPS) is 17.8.